The molecule has 0 amide bonds. The second-order valence-electron chi connectivity index (χ2n) is 9.21. The molecule has 0 radical (unpaired) electrons. The van der Waals surface area contributed by atoms with Crippen LogP contribution in [-0.2, 0) is 22.5 Å². The van der Waals surface area contributed by atoms with E-state index in [9.17, 15) is 28.9 Å². The number of benzene rings is 1. The third-order valence-electron chi connectivity index (χ3n) is 7.38. The van der Waals surface area contributed by atoms with Gasteiger partial charge >= 0.3 is 5.97 Å². The number of nitrogens with one attached hydrogen (secondary N) is 1. The summed E-state index contributed by atoms with van der Waals surface area (Å²) in [5.41, 5.74) is 2.81. The number of rotatable bonds is 4. The van der Waals surface area contributed by atoms with Gasteiger partial charge in [-0.05, 0) is 30.1 Å². The van der Waals surface area contributed by atoms with Crippen molar-refractivity contribution in [3.63, 3.8) is 0 Å². The molecule has 3 aliphatic heterocycles. The zero-order valence-corrected chi connectivity index (χ0v) is 18.4. The van der Waals surface area contributed by atoms with Gasteiger partial charge in [-0.15, -0.1) is 0 Å². The van der Waals surface area contributed by atoms with Crippen molar-refractivity contribution in [2.45, 2.75) is 44.2 Å². The van der Waals surface area contributed by atoms with Gasteiger partial charge in [-0.1, -0.05) is 6.92 Å². The van der Waals surface area contributed by atoms with E-state index in [1.807, 2.05) is 4.90 Å². The van der Waals surface area contributed by atoms with E-state index >= 15 is 0 Å². The highest BCUT2D eigenvalue weighted by Crippen LogP contribution is 2.48. The maximum absolute atomic E-state index is 14.7. The van der Waals surface area contributed by atoms with Crippen LogP contribution in [0, 0.1) is 11.6 Å². The van der Waals surface area contributed by atoms with Crippen LogP contribution in [0.4, 0.5) is 8.78 Å². The van der Waals surface area contributed by atoms with Gasteiger partial charge in [0.1, 0.15) is 12.8 Å². The van der Waals surface area contributed by atoms with Crippen LogP contribution >= 0.6 is 0 Å². The Morgan fingerprint density at radius 1 is 1.35 bits per heavy atom. The van der Waals surface area contributed by atoms with Gasteiger partial charge in [0.25, 0.3) is 0 Å². The average molecular weight is 471 g/mol. The van der Waals surface area contributed by atoms with E-state index in [0.717, 1.165) is 17.2 Å². The van der Waals surface area contributed by atoms with Gasteiger partial charge in [0.15, 0.2) is 17.2 Å². The minimum Gasteiger partial charge on any atom is -0.459 e. The molecule has 0 spiro atoms. The number of cyclic esters (lactones) is 1. The Hall–Kier alpha value is -2.92. The lowest BCUT2D eigenvalue weighted by Gasteiger charge is -2.37. The molecule has 2 aromatic rings. The molecule has 34 heavy (non-hydrogen) atoms. The van der Waals surface area contributed by atoms with E-state index in [1.165, 1.54) is 0 Å². The van der Waals surface area contributed by atoms with Gasteiger partial charge in [-0.25, -0.2) is 18.6 Å². The van der Waals surface area contributed by atoms with Crippen molar-refractivity contribution in [1.82, 2.24) is 15.2 Å². The molecule has 8 nitrogen and oxygen atoms in total. The Balaban J connectivity index is 1.56. The third kappa shape index (κ3) is 2.76. The van der Waals surface area contributed by atoms with Crippen LogP contribution in [0.5, 0.6) is 0 Å². The van der Waals surface area contributed by atoms with E-state index in [4.69, 9.17) is 9.72 Å². The highest BCUT2D eigenvalue weighted by Gasteiger charge is 2.47. The molecule has 1 aliphatic carbocycles. The molecule has 1 aromatic carbocycles. The van der Waals surface area contributed by atoms with E-state index in [-0.39, 0.29) is 25.0 Å². The first-order valence-electron chi connectivity index (χ1n) is 11.2. The summed E-state index contributed by atoms with van der Waals surface area (Å²) >= 11 is 0. The molecule has 0 saturated carbocycles. The number of fused-ring (bicyclic) bond motifs is 4. The molecule has 3 atom stereocenters. The first kappa shape index (κ1) is 21.6. The summed E-state index contributed by atoms with van der Waals surface area (Å²) in [6.07, 6.45) is 0.777. The lowest BCUT2D eigenvalue weighted by atomic mass is 9.83. The van der Waals surface area contributed by atoms with E-state index in [0.29, 0.717) is 46.5 Å². The number of halogens is 2. The minimum absolute atomic E-state index is 0.0861. The number of esters is 1. The largest absolute Gasteiger partial charge is 0.459 e. The number of nitrogens with zero attached hydrogens (tertiary/aromatic N) is 2. The van der Waals surface area contributed by atoms with E-state index < -0.39 is 42.1 Å². The van der Waals surface area contributed by atoms with Crippen molar-refractivity contribution in [1.29, 1.82) is 0 Å². The molecule has 4 heterocycles. The molecule has 0 bridgehead atoms. The fourth-order valence-corrected chi connectivity index (χ4v) is 5.73. The van der Waals surface area contributed by atoms with Crippen LogP contribution < -0.4 is 5.32 Å². The van der Waals surface area contributed by atoms with E-state index in [2.05, 4.69) is 5.32 Å². The van der Waals surface area contributed by atoms with E-state index in [1.54, 1.807) is 13.0 Å². The standard InChI is InChI=1S/C24H23F2N3O5/c1-2-24(33)13-4-17-22-12(7-29(17)6-10(13)9-34-23(24)32)20-15(27-18(31)8-30)3-11-19(20)16(28-22)5-14(25)21(11)26/h4-5,15,18,27,30-31,33H,2-3,6-9H2,1H3/t15?,18?,24-/m0/s1. The van der Waals surface area contributed by atoms with Gasteiger partial charge in [0.2, 0.25) is 0 Å². The number of pyridine rings is 1. The summed E-state index contributed by atoms with van der Waals surface area (Å²) in [4.78, 5) is 19.1. The summed E-state index contributed by atoms with van der Waals surface area (Å²) in [7, 11) is 0. The predicted molar refractivity (Wildman–Crippen MR) is 116 cm³/mol. The van der Waals surface area contributed by atoms with Crippen LogP contribution in [0.25, 0.3) is 16.6 Å². The average Bonchev–Trinajstić information content (AvgIpc) is 3.38. The number of ether oxygens (including phenoxy) is 1. The van der Waals surface area contributed by atoms with Crippen molar-refractivity contribution >= 4 is 22.6 Å². The fourth-order valence-electron chi connectivity index (χ4n) is 5.73. The summed E-state index contributed by atoms with van der Waals surface area (Å²) in [5, 5.41) is 33.9. The lowest BCUT2D eigenvalue weighted by Crippen LogP contribution is -2.47. The number of carbonyl (C=O) groups excluding carboxylic acids is 1. The topological polar surface area (TPSA) is 115 Å². The predicted octanol–water partition coefficient (Wildman–Crippen LogP) is 1.18. The summed E-state index contributed by atoms with van der Waals surface area (Å²) in [5.74, 6) is -2.63. The minimum atomic E-state index is -1.75. The second kappa shape index (κ2) is 7.29. The summed E-state index contributed by atoms with van der Waals surface area (Å²) in [6.45, 7) is 2.11. The van der Waals surface area contributed by atoms with Crippen molar-refractivity contribution in [3.8, 4) is 0 Å². The Bertz CT molecular complexity index is 1340. The second-order valence-corrected chi connectivity index (χ2v) is 9.21. The number of aromatic nitrogens is 1. The van der Waals surface area contributed by atoms with Crippen molar-refractivity contribution in [3.05, 3.63) is 57.3 Å². The third-order valence-corrected chi connectivity index (χ3v) is 7.38. The van der Waals surface area contributed by atoms with Crippen LogP contribution in [0.2, 0.25) is 0 Å². The highest BCUT2D eigenvalue weighted by molar-refractivity contribution is 5.94. The number of hydrogen-bond acceptors (Lipinski definition) is 8. The SMILES string of the molecule is CC[C@@]1(O)C(=O)OCC2=C1C=C1c3nc4cc(F)c(F)c5c4c(c3CN1C2)C(NC(O)CO)C5. The molecule has 4 N–H and O–H groups in total. The molecule has 1 aromatic heterocycles. The van der Waals surface area contributed by atoms with Gasteiger partial charge < -0.3 is 25.0 Å². The maximum atomic E-state index is 14.7. The number of hydrogen-bond donors (Lipinski definition) is 4. The smallest absolute Gasteiger partial charge is 0.343 e. The molecule has 6 rings (SSSR count). The van der Waals surface area contributed by atoms with Crippen LogP contribution in [0.1, 0.15) is 41.8 Å². The molecule has 178 valence electrons. The summed E-state index contributed by atoms with van der Waals surface area (Å²) in [6, 6.07) is 0.523. The molecular formula is C24H23F2N3O5. The molecular weight excluding hydrogens is 448 g/mol. The van der Waals surface area contributed by atoms with Gasteiger partial charge in [-0.2, -0.15) is 0 Å². The normalized spacial score (nSPS) is 25.8. The molecule has 0 fully saturated rings. The van der Waals surface area contributed by atoms with Crippen LogP contribution in [0.3, 0.4) is 0 Å². The Morgan fingerprint density at radius 3 is 2.88 bits per heavy atom. The zero-order chi connectivity index (χ0) is 23.9. The first-order valence-corrected chi connectivity index (χ1v) is 11.2. The number of aliphatic hydroxyl groups is 3. The van der Waals surface area contributed by atoms with Gasteiger partial charge in [0, 0.05) is 47.3 Å². The monoisotopic (exact) mass is 471 g/mol. The quantitative estimate of drug-likeness (QED) is 0.388. The lowest BCUT2D eigenvalue weighted by molar-refractivity contribution is -0.163. The van der Waals surface area contributed by atoms with Crippen molar-refractivity contribution in [2.24, 2.45) is 0 Å². The van der Waals surface area contributed by atoms with Crippen molar-refractivity contribution < 1.29 is 33.6 Å². The Kier molecular flexibility index (Phi) is 4.63. The molecule has 0 saturated heterocycles. The van der Waals surface area contributed by atoms with Crippen LogP contribution in [-0.4, -0.2) is 62.8 Å². The number of aliphatic hydroxyl groups excluding tert-OH is 2. The first-order chi connectivity index (χ1) is 16.3. The van der Waals surface area contributed by atoms with Gasteiger partial charge in [-0.3, -0.25) is 5.32 Å². The Labute approximate surface area is 193 Å². The maximum Gasteiger partial charge on any atom is 0.343 e. The fraction of sp³-hybridized carbons (Fsp3) is 0.417. The number of carbonyl (C=O) groups is 1. The highest BCUT2D eigenvalue weighted by atomic mass is 19.2. The summed E-state index contributed by atoms with van der Waals surface area (Å²) < 4.78 is 34.4. The molecule has 2 unspecified atom stereocenters. The van der Waals surface area contributed by atoms with Crippen molar-refractivity contribution in [2.75, 3.05) is 19.8 Å². The molecule has 4 aliphatic rings. The Morgan fingerprint density at radius 2 is 2.15 bits per heavy atom. The molecule has 10 heteroatoms. The van der Waals surface area contributed by atoms with Gasteiger partial charge in [0.05, 0.1) is 23.5 Å². The zero-order valence-electron chi connectivity index (χ0n) is 18.4. The van der Waals surface area contributed by atoms with Crippen LogP contribution in [0.15, 0.2) is 23.3 Å².